The zero-order chi connectivity index (χ0) is 16.2. The van der Waals surface area contributed by atoms with Crippen LogP contribution in [0.1, 0.15) is 37.1 Å². The van der Waals surface area contributed by atoms with E-state index in [9.17, 15) is 4.79 Å². The molecule has 23 heavy (non-hydrogen) atoms. The van der Waals surface area contributed by atoms with Crippen LogP contribution in [0.5, 0.6) is 0 Å². The summed E-state index contributed by atoms with van der Waals surface area (Å²) in [5.74, 6) is 1.03. The third-order valence-corrected chi connectivity index (χ3v) is 4.92. The van der Waals surface area contributed by atoms with Gasteiger partial charge in [-0.05, 0) is 24.8 Å². The molecule has 0 unspecified atom stereocenters. The summed E-state index contributed by atoms with van der Waals surface area (Å²) in [4.78, 5) is 19.9. The van der Waals surface area contributed by atoms with E-state index in [4.69, 9.17) is 4.42 Å². The summed E-state index contributed by atoms with van der Waals surface area (Å²) in [6.07, 6.45) is 1.74. The molecule has 0 amide bonds. The summed E-state index contributed by atoms with van der Waals surface area (Å²) in [6, 6.07) is 5.42. The van der Waals surface area contributed by atoms with E-state index in [-0.39, 0.29) is 10.8 Å². The van der Waals surface area contributed by atoms with Crippen LogP contribution in [0.3, 0.4) is 0 Å². The number of thioether (sulfide) groups is 1. The maximum absolute atomic E-state index is 11.7. The molecule has 0 saturated carbocycles. The second kappa shape index (κ2) is 7.10. The van der Waals surface area contributed by atoms with Gasteiger partial charge < -0.3 is 9.40 Å². The fourth-order valence-corrected chi connectivity index (χ4v) is 3.54. The third-order valence-electron chi connectivity index (χ3n) is 3.09. The average Bonchev–Trinajstić information content (AvgIpc) is 3.18. The number of rotatable bonds is 6. The average molecular weight is 348 g/mol. The number of nitrogens with zero attached hydrogens (tertiary/aromatic N) is 3. The third kappa shape index (κ3) is 3.89. The van der Waals surface area contributed by atoms with Crippen molar-refractivity contribution in [3.8, 4) is 10.8 Å². The molecule has 0 aliphatic carbocycles. The molecule has 0 saturated heterocycles. The van der Waals surface area contributed by atoms with Crippen molar-refractivity contribution in [1.29, 1.82) is 0 Å². The maximum Gasteiger partial charge on any atom is 0.257 e. The highest BCUT2D eigenvalue weighted by molar-refractivity contribution is 7.99. The van der Waals surface area contributed by atoms with Crippen LogP contribution in [-0.2, 0) is 6.42 Å². The minimum Gasteiger partial charge on any atom is -0.419 e. The van der Waals surface area contributed by atoms with Crippen molar-refractivity contribution in [3.63, 3.8) is 0 Å². The van der Waals surface area contributed by atoms with E-state index >= 15 is 0 Å². The van der Waals surface area contributed by atoms with Crippen LogP contribution in [0.25, 0.3) is 10.8 Å². The minimum atomic E-state index is -0.136. The highest BCUT2D eigenvalue weighted by Gasteiger charge is 2.18. The molecule has 0 aromatic carbocycles. The van der Waals surface area contributed by atoms with Crippen LogP contribution in [0.15, 0.2) is 37.9 Å². The second-order valence-corrected chi connectivity index (χ2v) is 7.25. The van der Waals surface area contributed by atoms with E-state index in [0.29, 0.717) is 16.9 Å². The second-order valence-electron chi connectivity index (χ2n) is 4.97. The van der Waals surface area contributed by atoms with E-state index in [1.807, 2.05) is 24.4 Å². The van der Waals surface area contributed by atoms with Gasteiger partial charge in [-0.15, -0.1) is 21.5 Å². The predicted molar refractivity (Wildman–Crippen MR) is 90.7 cm³/mol. The summed E-state index contributed by atoms with van der Waals surface area (Å²) in [7, 11) is 0. The molecule has 8 heteroatoms. The normalized spacial score (nSPS) is 12.4. The Labute approximate surface area is 141 Å². The Morgan fingerprint density at radius 2 is 2.30 bits per heavy atom. The number of thiophene rings is 1. The van der Waals surface area contributed by atoms with Gasteiger partial charge in [-0.3, -0.25) is 4.79 Å². The van der Waals surface area contributed by atoms with Gasteiger partial charge in [0.2, 0.25) is 5.89 Å². The zero-order valence-corrected chi connectivity index (χ0v) is 14.4. The molecule has 0 aliphatic heterocycles. The van der Waals surface area contributed by atoms with Crippen LogP contribution in [0.4, 0.5) is 0 Å². The number of aromatic nitrogens is 4. The van der Waals surface area contributed by atoms with Crippen molar-refractivity contribution >= 4 is 23.1 Å². The zero-order valence-electron chi connectivity index (χ0n) is 12.8. The molecule has 1 atom stereocenters. The van der Waals surface area contributed by atoms with Crippen molar-refractivity contribution in [2.24, 2.45) is 0 Å². The molecule has 3 aromatic rings. The largest absolute Gasteiger partial charge is 0.419 e. The van der Waals surface area contributed by atoms with Gasteiger partial charge in [0.25, 0.3) is 11.4 Å². The lowest BCUT2D eigenvalue weighted by Gasteiger charge is -2.06. The van der Waals surface area contributed by atoms with Gasteiger partial charge in [0.15, 0.2) is 5.16 Å². The van der Waals surface area contributed by atoms with Gasteiger partial charge in [0.1, 0.15) is 0 Å². The van der Waals surface area contributed by atoms with Gasteiger partial charge in [-0.1, -0.05) is 31.2 Å². The number of hydrogen-bond donors (Lipinski definition) is 1. The lowest BCUT2D eigenvalue weighted by molar-refractivity contribution is 0.510. The van der Waals surface area contributed by atoms with Crippen molar-refractivity contribution in [1.82, 2.24) is 20.2 Å². The van der Waals surface area contributed by atoms with Gasteiger partial charge in [0.05, 0.1) is 10.1 Å². The van der Waals surface area contributed by atoms with Crippen LogP contribution in [0, 0.1) is 0 Å². The van der Waals surface area contributed by atoms with E-state index in [1.54, 1.807) is 17.4 Å². The summed E-state index contributed by atoms with van der Waals surface area (Å²) >= 11 is 2.95. The Kier molecular flexibility index (Phi) is 4.92. The molecule has 0 spiro atoms. The molecule has 0 radical (unpaired) electrons. The van der Waals surface area contributed by atoms with Crippen LogP contribution >= 0.6 is 23.1 Å². The highest BCUT2D eigenvalue weighted by atomic mass is 32.2. The lowest BCUT2D eigenvalue weighted by Crippen LogP contribution is -2.10. The topological polar surface area (TPSA) is 84.7 Å². The molecule has 3 heterocycles. The van der Waals surface area contributed by atoms with Gasteiger partial charge in [0, 0.05) is 11.8 Å². The SMILES string of the molecule is CCCc1cc(=O)[nH]c(S[C@@H](C)c2nnc(-c3cccs3)o2)n1. The molecule has 1 N–H and O–H groups in total. The predicted octanol–water partition coefficient (Wildman–Crippen LogP) is 3.69. The Hall–Kier alpha value is -1.93. The first-order valence-corrected chi connectivity index (χ1v) is 9.06. The van der Waals surface area contributed by atoms with Crippen LogP contribution in [-0.4, -0.2) is 20.2 Å². The lowest BCUT2D eigenvalue weighted by atomic mass is 10.2. The minimum absolute atomic E-state index is 0.101. The molecule has 0 aliphatic rings. The van der Waals surface area contributed by atoms with E-state index in [0.717, 1.165) is 23.4 Å². The number of H-pyrrole nitrogens is 1. The van der Waals surface area contributed by atoms with Crippen LogP contribution in [0.2, 0.25) is 0 Å². The first-order chi connectivity index (χ1) is 11.2. The number of nitrogens with one attached hydrogen (secondary N) is 1. The molecular formula is C15H16N4O2S2. The molecule has 3 aromatic heterocycles. The Balaban J connectivity index is 1.77. The fourth-order valence-electron chi connectivity index (χ4n) is 2.04. The standard InChI is InChI=1S/C15H16N4O2S2/c1-3-5-10-8-12(20)17-15(16-10)23-9(2)13-18-19-14(21-13)11-6-4-7-22-11/h4,6-9H,3,5H2,1-2H3,(H,16,17,20)/t9-/m0/s1. The van der Waals surface area contributed by atoms with Gasteiger partial charge in [-0.25, -0.2) is 4.98 Å². The van der Waals surface area contributed by atoms with E-state index in [2.05, 4.69) is 27.1 Å². The smallest absolute Gasteiger partial charge is 0.257 e. The van der Waals surface area contributed by atoms with Crippen molar-refractivity contribution in [2.45, 2.75) is 37.1 Å². The molecular weight excluding hydrogens is 332 g/mol. The van der Waals surface area contributed by atoms with Crippen molar-refractivity contribution < 1.29 is 4.42 Å². The Bertz CT molecular complexity index is 826. The molecule has 120 valence electrons. The summed E-state index contributed by atoms with van der Waals surface area (Å²) in [6.45, 7) is 4.01. The molecule has 0 bridgehead atoms. The monoisotopic (exact) mass is 348 g/mol. The van der Waals surface area contributed by atoms with Crippen molar-refractivity contribution in [3.05, 3.63) is 45.5 Å². The maximum atomic E-state index is 11.7. The quantitative estimate of drug-likeness (QED) is 0.540. The number of hydrogen-bond acceptors (Lipinski definition) is 7. The summed E-state index contributed by atoms with van der Waals surface area (Å²) < 4.78 is 5.72. The number of aromatic amines is 1. The van der Waals surface area contributed by atoms with Crippen LogP contribution < -0.4 is 5.56 Å². The van der Waals surface area contributed by atoms with E-state index in [1.165, 1.54) is 11.8 Å². The number of aryl methyl sites for hydroxylation is 1. The van der Waals surface area contributed by atoms with Gasteiger partial charge >= 0.3 is 0 Å². The highest BCUT2D eigenvalue weighted by Crippen LogP contribution is 2.33. The molecule has 3 rings (SSSR count). The molecule has 0 fully saturated rings. The Morgan fingerprint density at radius 1 is 1.43 bits per heavy atom. The van der Waals surface area contributed by atoms with E-state index < -0.39 is 0 Å². The molecule has 6 nitrogen and oxygen atoms in total. The Morgan fingerprint density at radius 3 is 3.04 bits per heavy atom. The first kappa shape index (κ1) is 15.9. The first-order valence-electron chi connectivity index (χ1n) is 7.30. The fraction of sp³-hybridized carbons (Fsp3) is 0.333. The van der Waals surface area contributed by atoms with Crippen molar-refractivity contribution in [2.75, 3.05) is 0 Å². The van der Waals surface area contributed by atoms with Gasteiger partial charge in [-0.2, -0.15) is 0 Å². The summed E-state index contributed by atoms with van der Waals surface area (Å²) in [5.41, 5.74) is 0.665. The summed E-state index contributed by atoms with van der Waals surface area (Å²) in [5, 5.41) is 10.6.